The molecule has 1 aromatic carbocycles. The lowest BCUT2D eigenvalue weighted by Crippen LogP contribution is -1.87. The number of H-pyrrole nitrogens is 1. The zero-order valence-corrected chi connectivity index (χ0v) is 8.68. The molecule has 1 heterocycles. The number of aromatic nitrogens is 2. The second-order valence-electron chi connectivity index (χ2n) is 2.81. The Labute approximate surface area is 88.3 Å². The highest BCUT2D eigenvalue weighted by molar-refractivity contribution is 9.10. The molecule has 0 atom stereocenters. The summed E-state index contributed by atoms with van der Waals surface area (Å²) in [5.41, 5.74) is 6.42. The summed E-state index contributed by atoms with van der Waals surface area (Å²) in [6.07, 6.45) is 1.50. The maximum absolute atomic E-state index is 13.4. The zero-order chi connectivity index (χ0) is 10.1. The minimum atomic E-state index is -0.308. The number of halogens is 2. The first kappa shape index (κ1) is 9.21. The molecule has 0 saturated carbocycles. The fourth-order valence-electron chi connectivity index (χ4n) is 1.18. The SMILES string of the molecule is Nc1ncc(-c2cc(Br)ccc2F)[nH]1. The number of anilines is 1. The third kappa shape index (κ3) is 1.63. The minimum absolute atomic E-state index is 0.277. The Morgan fingerprint density at radius 3 is 2.86 bits per heavy atom. The Balaban J connectivity index is 2.55. The van der Waals surface area contributed by atoms with Crippen LogP contribution in [0.1, 0.15) is 0 Å². The average Bonchev–Trinajstić information content (AvgIpc) is 2.56. The van der Waals surface area contributed by atoms with E-state index >= 15 is 0 Å². The normalized spacial score (nSPS) is 10.4. The van der Waals surface area contributed by atoms with Gasteiger partial charge in [-0.3, -0.25) is 0 Å². The lowest BCUT2D eigenvalue weighted by molar-refractivity contribution is 0.630. The van der Waals surface area contributed by atoms with Crippen LogP contribution in [0.3, 0.4) is 0 Å². The monoisotopic (exact) mass is 255 g/mol. The first-order valence-electron chi connectivity index (χ1n) is 3.93. The molecule has 2 rings (SSSR count). The van der Waals surface area contributed by atoms with Gasteiger partial charge in [0.25, 0.3) is 0 Å². The molecule has 0 aliphatic heterocycles. The summed E-state index contributed by atoms with van der Waals surface area (Å²) < 4.78 is 14.2. The van der Waals surface area contributed by atoms with Crippen LogP contribution in [-0.2, 0) is 0 Å². The third-order valence-corrected chi connectivity index (χ3v) is 2.31. The molecule has 14 heavy (non-hydrogen) atoms. The highest BCUT2D eigenvalue weighted by atomic mass is 79.9. The Hall–Kier alpha value is -1.36. The summed E-state index contributed by atoms with van der Waals surface area (Å²) in [6, 6.07) is 4.69. The van der Waals surface area contributed by atoms with Crippen LogP contribution >= 0.6 is 15.9 Å². The number of hydrogen-bond donors (Lipinski definition) is 2. The van der Waals surface area contributed by atoms with Crippen molar-refractivity contribution in [2.75, 3.05) is 5.73 Å². The number of nitrogen functional groups attached to an aromatic ring is 1. The average molecular weight is 256 g/mol. The molecule has 0 saturated heterocycles. The van der Waals surface area contributed by atoms with E-state index in [1.165, 1.54) is 12.3 Å². The van der Waals surface area contributed by atoms with Crippen LogP contribution < -0.4 is 5.73 Å². The van der Waals surface area contributed by atoms with Gasteiger partial charge in [-0.1, -0.05) is 15.9 Å². The molecule has 0 fully saturated rings. The highest BCUT2D eigenvalue weighted by Gasteiger charge is 2.07. The van der Waals surface area contributed by atoms with Gasteiger partial charge in [-0.2, -0.15) is 0 Å². The Morgan fingerprint density at radius 2 is 2.21 bits per heavy atom. The molecule has 0 unspecified atom stereocenters. The van der Waals surface area contributed by atoms with Gasteiger partial charge in [0.1, 0.15) is 5.82 Å². The van der Waals surface area contributed by atoms with Crippen molar-refractivity contribution in [3.63, 3.8) is 0 Å². The van der Waals surface area contributed by atoms with E-state index in [2.05, 4.69) is 25.9 Å². The van der Waals surface area contributed by atoms with E-state index < -0.39 is 0 Å². The third-order valence-electron chi connectivity index (χ3n) is 1.81. The standard InChI is InChI=1S/C9H7BrFN3/c10-5-1-2-7(11)6(3-5)8-4-13-9(12)14-8/h1-4H,(H3,12,13,14). The van der Waals surface area contributed by atoms with Crippen LogP contribution in [0.25, 0.3) is 11.3 Å². The van der Waals surface area contributed by atoms with Gasteiger partial charge in [0.15, 0.2) is 5.95 Å². The van der Waals surface area contributed by atoms with E-state index in [4.69, 9.17) is 5.73 Å². The molecule has 2 aromatic rings. The first-order valence-corrected chi connectivity index (χ1v) is 4.72. The number of nitrogens with zero attached hydrogens (tertiary/aromatic N) is 1. The molecule has 72 valence electrons. The molecule has 3 nitrogen and oxygen atoms in total. The van der Waals surface area contributed by atoms with Gasteiger partial charge in [-0.05, 0) is 18.2 Å². The molecule has 0 spiro atoms. The van der Waals surface area contributed by atoms with Gasteiger partial charge in [-0.15, -0.1) is 0 Å². The van der Waals surface area contributed by atoms with Gasteiger partial charge in [-0.25, -0.2) is 9.37 Å². The van der Waals surface area contributed by atoms with Gasteiger partial charge in [0, 0.05) is 10.0 Å². The Bertz CT molecular complexity index is 467. The van der Waals surface area contributed by atoms with E-state index in [1.807, 2.05) is 0 Å². The summed E-state index contributed by atoms with van der Waals surface area (Å²) in [7, 11) is 0. The van der Waals surface area contributed by atoms with Crippen molar-refractivity contribution in [1.82, 2.24) is 9.97 Å². The Morgan fingerprint density at radius 1 is 1.43 bits per heavy atom. The molecule has 3 N–H and O–H groups in total. The molecular formula is C9H7BrFN3. The second-order valence-corrected chi connectivity index (χ2v) is 3.72. The van der Waals surface area contributed by atoms with Crippen LogP contribution in [0.2, 0.25) is 0 Å². The largest absolute Gasteiger partial charge is 0.369 e. The van der Waals surface area contributed by atoms with Crippen molar-refractivity contribution in [2.45, 2.75) is 0 Å². The van der Waals surface area contributed by atoms with Crippen molar-refractivity contribution in [3.8, 4) is 11.3 Å². The molecule has 0 radical (unpaired) electrons. The number of hydrogen-bond acceptors (Lipinski definition) is 2. The van der Waals surface area contributed by atoms with Crippen molar-refractivity contribution in [3.05, 3.63) is 34.7 Å². The molecular weight excluding hydrogens is 249 g/mol. The van der Waals surface area contributed by atoms with Gasteiger partial charge in [0.05, 0.1) is 11.9 Å². The van der Waals surface area contributed by atoms with Crippen LogP contribution in [0, 0.1) is 5.82 Å². The molecule has 0 bridgehead atoms. The van der Waals surface area contributed by atoms with E-state index in [1.54, 1.807) is 12.1 Å². The van der Waals surface area contributed by atoms with Crippen molar-refractivity contribution >= 4 is 21.9 Å². The number of nitrogens with one attached hydrogen (secondary N) is 1. The second kappa shape index (κ2) is 3.42. The van der Waals surface area contributed by atoms with Gasteiger partial charge < -0.3 is 10.7 Å². The van der Waals surface area contributed by atoms with Gasteiger partial charge >= 0.3 is 0 Å². The summed E-state index contributed by atoms with van der Waals surface area (Å²) >= 11 is 3.27. The minimum Gasteiger partial charge on any atom is -0.369 e. The molecule has 1 aromatic heterocycles. The summed E-state index contributed by atoms with van der Waals surface area (Å²) in [5.74, 6) is -0.0313. The lowest BCUT2D eigenvalue weighted by Gasteiger charge is -2.00. The number of rotatable bonds is 1. The zero-order valence-electron chi connectivity index (χ0n) is 7.09. The lowest BCUT2D eigenvalue weighted by atomic mass is 10.1. The summed E-state index contributed by atoms with van der Waals surface area (Å²) in [4.78, 5) is 6.57. The topological polar surface area (TPSA) is 54.7 Å². The quantitative estimate of drug-likeness (QED) is 0.823. The van der Waals surface area contributed by atoms with Crippen LogP contribution in [-0.4, -0.2) is 9.97 Å². The number of aromatic amines is 1. The van der Waals surface area contributed by atoms with Crippen LogP contribution in [0.5, 0.6) is 0 Å². The van der Waals surface area contributed by atoms with Crippen molar-refractivity contribution in [1.29, 1.82) is 0 Å². The van der Waals surface area contributed by atoms with Gasteiger partial charge in [0.2, 0.25) is 0 Å². The van der Waals surface area contributed by atoms with E-state index in [0.717, 1.165) is 4.47 Å². The number of nitrogens with two attached hydrogens (primary N) is 1. The molecule has 5 heteroatoms. The van der Waals surface area contributed by atoms with Crippen molar-refractivity contribution < 1.29 is 4.39 Å². The van der Waals surface area contributed by atoms with Crippen LogP contribution in [0.15, 0.2) is 28.9 Å². The summed E-state index contributed by atoms with van der Waals surface area (Å²) in [6.45, 7) is 0. The number of imidazole rings is 1. The first-order chi connectivity index (χ1) is 6.66. The van der Waals surface area contributed by atoms with Crippen molar-refractivity contribution in [2.24, 2.45) is 0 Å². The molecule has 0 aliphatic rings. The molecule has 0 aliphatic carbocycles. The number of benzene rings is 1. The predicted molar refractivity (Wildman–Crippen MR) is 56.1 cm³/mol. The fraction of sp³-hybridized carbons (Fsp3) is 0. The smallest absolute Gasteiger partial charge is 0.197 e. The van der Waals surface area contributed by atoms with E-state index in [-0.39, 0.29) is 11.8 Å². The maximum atomic E-state index is 13.4. The van der Waals surface area contributed by atoms with Crippen LogP contribution in [0.4, 0.5) is 10.3 Å². The maximum Gasteiger partial charge on any atom is 0.197 e. The Kier molecular flexibility index (Phi) is 2.25. The van der Waals surface area contributed by atoms with E-state index in [0.29, 0.717) is 11.3 Å². The summed E-state index contributed by atoms with van der Waals surface area (Å²) in [5, 5.41) is 0. The fourth-order valence-corrected chi connectivity index (χ4v) is 1.54. The van der Waals surface area contributed by atoms with E-state index in [9.17, 15) is 4.39 Å². The molecule has 0 amide bonds. The predicted octanol–water partition coefficient (Wildman–Crippen LogP) is 2.56. The highest BCUT2D eigenvalue weighted by Crippen LogP contribution is 2.24.